The van der Waals surface area contributed by atoms with Crippen molar-refractivity contribution in [3.63, 3.8) is 0 Å². The molecule has 76 valence electrons. The first-order valence-electron chi connectivity index (χ1n) is 4.53. The lowest BCUT2D eigenvalue weighted by atomic mass is 10.3. The summed E-state index contributed by atoms with van der Waals surface area (Å²) in [4.78, 5) is 15.4. The van der Waals surface area contributed by atoms with Crippen molar-refractivity contribution in [2.75, 3.05) is 13.2 Å². The predicted octanol–water partition coefficient (Wildman–Crippen LogP) is -0.0520. The van der Waals surface area contributed by atoms with E-state index in [2.05, 4.69) is 4.98 Å². The van der Waals surface area contributed by atoms with Gasteiger partial charge >= 0.3 is 5.56 Å². The predicted molar refractivity (Wildman–Crippen MR) is 49.3 cm³/mol. The molecule has 0 spiro atoms. The van der Waals surface area contributed by atoms with Gasteiger partial charge in [-0.05, 0) is 0 Å². The molecule has 5 nitrogen and oxygen atoms in total. The molecule has 0 radical (unpaired) electrons. The second-order valence-electron chi connectivity index (χ2n) is 3.25. The Morgan fingerprint density at radius 1 is 1.71 bits per heavy atom. The molecule has 0 aromatic carbocycles. The summed E-state index contributed by atoms with van der Waals surface area (Å²) >= 11 is 0. The van der Waals surface area contributed by atoms with Gasteiger partial charge in [0.1, 0.15) is 6.10 Å². The number of hydrogen-bond donors (Lipinski definition) is 0. The highest BCUT2D eigenvalue weighted by Gasteiger charge is 2.19. The monoisotopic (exact) mass is 196 g/mol. The van der Waals surface area contributed by atoms with E-state index >= 15 is 0 Å². The quantitative estimate of drug-likeness (QED) is 0.665. The lowest BCUT2D eigenvalue weighted by Gasteiger charge is -2.09. The van der Waals surface area contributed by atoms with Crippen LogP contribution in [0.4, 0.5) is 0 Å². The van der Waals surface area contributed by atoms with Gasteiger partial charge in [-0.2, -0.15) is 0 Å². The van der Waals surface area contributed by atoms with Crippen LogP contribution in [0.2, 0.25) is 0 Å². The minimum absolute atomic E-state index is 0.0300. The number of aromatic nitrogens is 2. The van der Waals surface area contributed by atoms with E-state index in [9.17, 15) is 4.79 Å². The fraction of sp³-hybridized carbons (Fsp3) is 0.556. The van der Waals surface area contributed by atoms with E-state index < -0.39 is 0 Å². The summed E-state index contributed by atoms with van der Waals surface area (Å²) < 4.78 is 12.0. The first-order valence-corrected chi connectivity index (χ1v) is 4.53. The Balaban J connectivity index is 2.16. The van der Waals surface area contributed by atoms with Crippen molar-refractivity contribution < 1.29 is 9.47 Å². The summed E-state index contributed by atoms with van der Waals surface area (Å²) in [6.07, 6.45) is 3.93. The zero-order valence-electron chi connectivity index (χ0n) is 7.97. The summed E-state index contributed by atoms with van der Waals surface area (Å²) in [5.41, 5.74) is -0.209. The average Bonchev–Trinajstić information content (AvgIpc) is 2.66. The summed E-state index contributed by atoms with van der Waals surface area (Å²) in [5, 5.41) is 0. The Kier molecular flexibility index (Phi) is 2.49. The van der Waals surface area contributed by atoms with Gasteiger partial charge in [-0.3, -0.25) is 4.79 Å². The highest BCUT2D eigenvalue weighted by molar-refractivity contribution is 5.04. The molecule has 0 aliphatic carbocycles. The molecule has 2 heterocycles. The van der Waals surface area contributed by atoms with Gasteiger partial charge in [0.05, 0.1) is 13.2 Å². The molecule has 1 unspecified atom stereocenters. The molecule has 0 saturated carbocycles. The van der Waals surface area contributed by atoms with E-state index in [0.29, 0.717) is 13.2 Å². The molecule has 1 aliphatic heterocycles. The van der Waals surface area contributed by atoms with Gasteiger partial charge in [0.25, 0.3) is 5.88 Å². The normalized spacial score (nSPS) is 21.1. The van der Waals surface area contributed by atoms with Crippen LogP contribution in [0.15, 0.2) is 17.2 Å². The van der Waals surface area contributed by atoms with E-state index in [1.165, 1.54) is 4.57 Å². The first kappa shape index (κ1) is 9.21. The van der Waals surface area contributed by atoms with E-state index in [4.69, 9.17) is 9.47 Å². The zero-order valence-corrected chi connectivity index (χ0v) is 7.97. The summed E-state index contributed by atoms with van der Waals surface area (Å²) in [6.45, 7) is 1.23. The first-order chi connectivity index (χ1) is 6.77. The molecule has 1 aliphatic rings. The second kappa shape index (κ2) is 3.79. The van der Waals surface area contributed by atoms with Crippen LogP contribution in [-0.2, 0) is 11.8 Å². The van der Waals surface area contributed by atoms with Gasteiger partial charge in [0, 0.05) is 25.9 Å². The van der Waals surface area contributed by atoms with E-state index in [1.807, 2.05) is 0 Å². The Bertz CT molecular complexity index is 369. The molecule has 1 aromatic rings. The van der Waals surface area contributed by atoms with Crippen LogP contribution < -0.4 is 10.3 Å². The highest BCUT2D eigenvalue weighted by atomic mass is 16.6. The molecule has 1 saturated heterocycles. The molecule has 0 N–H and O–H groups in total. The van der Waals surface area contributed by atoms with Crippen LogP contribution in [0.25, 0.3) is 0 Å². The van der Waals surface area contributed by atoms with E-state index in [1.54, 1.807) is 19.4 Å². The Morgan fingerprint density at radius 3 is 3.29 bits per heavy atom. The van der Waals surface area contributed by atoms with Crippen LogP contribution in [0.3, 0.4) is 0 Å². The molecular formula is C9H12N2O3. The third-order valence-electron chi connectivity index (χ3n) is 2.15. The van der Waals surface area contributed by atoms with Gasteiger partial charge < -0.3 is 14.0 Å². The number of hydrogen-bond acceptors (Lipinski definition) is 4. The molecule has 0 bridgehead atoms. The maximum Gasteiger partial charge on any atom is 0.313 e. The molecule has 1 fully saturated rings. The number of aryl methyl sites for hydroxylation is 1. The minimum atomic E-state index is -0.209. The lowest BCUT2D eigenvalue weighted by molar-refractivity contribution is 0.136. The standard InChI is InChI=1S/C9H12N2O3/c1-11-4-3-10-8(9(11)12)14-7-2-5-13-6-7/h3-4,7H,2,5-6H2,1H3. The topological polar surface area (TPSA) is 53.4 Å². The fourth-order valence-corrected chi connectivity index (χ4v) is 1.32. The average molecular weight is 196 g/mol. The Morgan fingerprint density at radius 2 is 2.57 bits per heavy atom. The summed E-state index contributed by atoms with van der Waals surface area (Å²) in [7, 11) is 1.67. The molecule has 1 atom stereocenters. The number of nitrogens with zero attached hydrogens (tertiary/aromatic N) is 2. The van der Waals surface area contributed by atoms with Crippen molar-refractivity contribution in [2.45, 2.75) is 12.5 Å². The van der Waals surface area contributed by atoms with Crippen molar-refractivity contribution in [3.8, 4) is 5.88 Å². The third kappa shape index (κ3) is 1.77. The van der Waals surface area contributed by atoms with E-state index in [-0.39, 0.29) is 17.5 Å². The highest BCUT2D eigenvalue weighted by Crippen LogP contribution is 2.09. The smallest absolute Gasteiger partial charge is 0.313 e. The van der Waals surface area contributed by atoms with Crippen LogP contribution in [0.1, 0.15) is 6.42 Å². The molecule has 1 aromatic heterocycles. The SMILES string of the molecule is Cn1ccnc(OC2CCOC2)c1=O. The van der Waals surface area contributed by atoms with Crippen molar-refractivity contribution in [3.05, 3.63) is 22.7 Å². The van der Waals surface area contributed by atoms with Gasteiger partial charge in [-0.25, -0.2) is 4.98 Å². The molecule has 14 heavy (non-hydrogen) atoms. The van der Waals surface area contributed by atoms with Gasteiger partial charge in [-0.1, -0.05) is 0 Å². The van der Waals surface area contributed by atoms with Crippen molar-refractivity contribution in [2.24, 2.45) is 7.05 Å². The van der Waals surface area contributed by atoms with Gasteiger partial charge in [0.15, 0.2) is 0 Å². The maximum absolute atomic E-state index is 11.5. The van der Waals surface area contributed by atoms with Gasteiger partial charge in [-0.15, -0.1) is 0 Å². The van der Waals surface area contributed by atoms with Gasteiger partial charge in [0.2, 0.25) is 0 Å². The van der Waals surface area contributed by atoms with Crippen molar-refractivity contribution in [1.82, 2.24) is 9.55 Å². The fourth-order valence-electron chi connectivity index (χ4n) is 1.32. The Labute approximate surface area is 81.3 Å². The summed E-state index contributed by atoms with van der Waals surface area (Å²) in [5.74, 6) is 0.158. The molecule has 2 rings (SSSR count). The lowest BCUT2D eigenvalue weighted by Crippen LogP contribution is -2.25. The molecule has 5 heteroatoms. The van der Waals surface area contributed by atoms with Crippen LogP contribution in [0.5, 0.6) is 5.88 Å². The Hall–Kier alpha value is -1.36. The van der Waals surface area contributed by atoms with Crippen molar-refractivity contribution in [1.29, 1.82) is 0 Å². The number of ether oxygens (including phenoxy) is 2. The summed E-state index contributed by atoms with van der Waals surface area (Å²) in [6, 6.07) is 0. The molecule has 0 amide bonds. The largest absolute Gasteiger partial charge is 0.468 e. The van der Waals surface area contributed by atoms with Crippen molar-refractivity contribution >= 4 is 0 Å². The second-order valence-corrected chi connectivity index (χ2v) is 3.25. The molecular weight excluding hydrogens is 184 g/mol. The zero-order chi connectivity index (χ0) is 9.97. The van der Waals surface area contributed by atoms with Crippen LogP contribution in [0, 0.1) is 0 Å². The minimum Gasteiger partial charge on any atom is -0.468 e. The van der Waals surface area contributed by atoms with Crippen LogP contribution in [-0.4, -0.2) is 28.9 Å². The van der Waals surface area contributed by atoms with E-state index in [0.717, 1.165) is 6.42 Å². The third-order valence-corrected chi connectivity index (χ3v) is 2.15. The maximum atomic E-state index is 11.5. The number of rotatable bonds is 2. The van der Waals surface area contributed by atoms with Crippen LogP contribution >= 0.6 is 0 Å².